The van der Waals surface area contributed by atoms with Crippen molar-refractivity contribution in [2.45, 2.75) is 20.4 Å². The number of nitrogens with zero attached hydrogens (tertiary/aromatic N) is 4. The molecule has 0 aliphatic rings. The van der Waals surface area contributed by atoms with E-state index in [9.17, 15) is 4.79 Å². The van der Waals surface area contributed by atoms with E-state index in [4.69, 9.17) is 4.74 Å². The second-order valence-corrected chi connectivity index (χ2v) is 7.38. The summed E-state index contributed by atoms with van der Waals surface area (Å²) in [6.45, 7) is 4.32. The second kappa shape index (κ2) is 7.77. The minimum atomic E-state index is -0.159. The maximum atomic E-state index is 12.0. The highest BCUT2D eigenvalue weighted by Crippen LogP contribution is 2.25. The lowest BCUT2D eigenvalue weighted by Gasteiger charge is -2.08. The molecule has 0 bridgehead atoms. The molecule has 7 nitrogen and oxygen atoms in total. The van der Waals surface area contributed by atoms with Gasteiger partial charge in [0.15, 0.2) is 12.4 Å². The van der Waals surface area contributed by atoms with E-state index in [1.165, 1.54) is 11.3 Å². The molecule has 0 aliphatic heterocycles. The molecule has 0 saturated carbocycles. The van der Waals surface area contributed by atoms with Crippen molar-refractivity contribution in [3.05, 3.63) is 65.5 Å². The van der Waals surface area contributed by atoms with Crippen molar-refractivity contribution in [1.29, 1.82) is 0 Å². The molecule has 2 aromatic heterocycles. The van der Waals surface area contributed by atoms with Crippen molar-refractivity contribution < 1.29 is 9.53 Å². The van der Waals surface area contributed by atoms with E-state index in [0.717, 1.165) is 32.5 Å². The first kappa shape index (κ1) is 18.1. The fraction of sp³-hybridized carbons (Fsp3) is 0.200. The van der Waals surface area contributed by atoms with Gasteiger partial charge < -0.3 is 10.1 Å². The molecule has 2 aromatic carbocycles. The van der Waals surface area contributed by atoms with Crippen LogP contribution in [0.2, 0.25) is 0 Å². The topological polar surface area (TPSA) is 81.4 Å². The van der Waals surface area contributed by atoms with E-state index in [-0.39, 0.29) is 12.5 Å². The normalized spacial score (nSPS) is 10.9. The largest absolute Gasteiger partial charge is 0.484 e. The van der Waals surface area contributed by atoms with Crippen molar-refractivity contribution in [1.82, 2.24) is 25.1 Å². The number of fused-ring (bicyclic) bond motifs is 1. The number of rotatable bonds is 6. The van der Waals surface area contributed by atoms with E-state index >= 15 is 0 Å². The van der Waals surface area contributed by atoms with E-state index < -0.39 is 0 Å². The van der Waals surface area contributed by atoms with Gasteiger partial charge >= 0.3 is 0 Å². The number of aromatic nitrogens is 4. The van der Waals surface area contributed by atoms with Gasteiger partial charge in [0, 0.05) is 12.1 Å². The third-order valence-corrected chi connectivity index (χ3v) is 5.18. The standard InChI is InChI=1S/C20H19N5O2S/c1-13-3-9-17(10-4-13)27-12-18(26)21-11-15-5-7-16(8-6-15)19-24-25-14(2)22-23-20(25)28-19/h3-10H,11-12H2,1-2H3,(H,21,26). The first-order valence-electron chi connectivity index (χ1n) is 8.83. The van der Waals surface area contributed by atoms with E-state index in [1.807, 2.05) is 62.4 Å². The highest BCUT2D eigenvalue weighted by molar-refractivity contribution is 7.19. The molecule has 0 atom stereocenters. The number of carbonyl (C=O) groups is 1. The summed E-state index contributed by atoms with van der Waals surface area (Å²) in [5, 5.41) is 16.4. The third kappa shape index (κ3) is 4.01. The fourth-order valence-corrected chi connectivity index (χ4v) is 3.52. The lowest BCUT2D eigenvalue weighted by molar-refractivity contribution is -0.123. The van der Waals surface area contributed by atoms with Crippen LogP contribution in [0.15, 0.2) is 48.5 Å². The lowest BCUT2D eigenvalue weighted by atomic mass is 10.1. The maximum Gasteiger partial charge on any atom is 0.258 e. The summed E-state index contributed by atoms with van der Waals surface area (Å²) in [7, 11) is 0. The zero-order valence-corrected chi connectivity index (χ0v) is 16.4. The van der Waals surface area contributed by atoms with Gasteiger partial charge in [-0.05, 0) is 31.5 Å². The van der Waals surface area contributed by atoms with Crippen molar-refractivity contribution >= 4 is 22.2 Å². The van der Waals surface area contributed by atoms with Gasteiger partial charge in [0.25, 0.3) is 5.91 Å². The molecule has 142 valence electrons. The predicted molar refractivity (Wildman–Crippen MR) is 107 cm³/mol. The summed E-state index contributed by atoms with van der Waals surface area (Å²) < 4.78 is 7.22. The SMILES string of the molecule is Cc1ccc(OCC(=O)NCc2ccc(-c3nn4c(C)nnc4s3)cc2)cc1. The molecule has 28 heavy (non-hydrogen) atoms. The van der Waals surface area contributed by atoms with Crippen molar-refractivity contribution in [3.63, 3.8) is 0 Å². The van der Waals surface area contributed by atoms with Crippen LogP contribution >= 0.6 is 11.3 Å². The van der Waals surface area contributed by atoms with E-state index in [1.54, 1.807) is 4.52 Å². The fourth-order valence-electron chi connectivity index (χ4n) is 2.63. The molecular weight excluding hydrogens is 374 g/mol. The van der Waals surface area contributed by atoms with Crippen LogP contribution in [0.3, 0.4) is 0 Å². The summed E-state index contributed by atoms with van der Waals surface area (Å²) >= 11 is 1.49. The average Bonchev–Trinajstić information content (AvgIpc) is 3.28. The smallest absolute Gasteiger partial charge is 0.258 e. The quantitative estimate of drug-likeness (QED) is 0.544. The van der Waals surface area contributed by atoms with Gasteiger partial charge in [-0.15, -0.1) is 10.2 Å². The van der Waals surface area contributed by atoms with Gasteiger partial charge in [0.05, 0.1) is 0 Å². The van der Waals surface area contributed by atoms with Gasteiger partial charge in [-0.25, -0.2) is 0 Å². The first-order valence-corrected chi connectivity index (χ1v) is 9.64. The minimum Gasteiger partial charge on any atom is -0.484 e. The summed E-state index contributed by atoms with van der Waals surface area (Å²) in [6.07, 6.45) is 0. The first-order chi connectivity index (χ1) is 13.6. The lowest BCUT2D eigenvalue weighted by Crippen LogP contribution is -2.28. The summed E-state index contributed by atoms with van der Waals surface area (Å²) in [4.78, 5) is 12.8. The molecule has 1 N–H and O–H groups in total. The summed E-state index contributed by atoms with van der Waals surface area (Å²) in [6, 6.07) is 15.6. The van der Waals surface area contributed by atoms with Crippen molar-refractivity contribution in [2.75, 3.05) is 6.61 Å². The molecule has 8 heteroatoms. The Morgan fingerprint density at radius 3 is 2.54 bits per heavy atom. The van der Waals surface area contributed by atoms with Crippen LogP contribution in [0.4, 0.5) is 0 Å². The number of hydrogen-bond acceptors (Lipinski definition) is 6. The Labute approximate surface area is 166 Å². The van der Waals surface area contributed by atoms with Crippen molar-refractivity contribution in [3.8, 4) is 16.3 Å². The minimum absolute atomic E-state index is 0.00651. The number of ether oxygens (including phenoxy) is 1. The average molecular weight is 393 g/mol. The van der Waals surface area contributed by atoms with Crippen LogP contribution in [0.25, 0.3) is 15.5 Å². The monoisotopic (exact) mass is 393 g/mol. The molecule has 2 heterocycles. The molecule has 4 aromatic rings. The Morgan fingerprint density at radius 2 is 1.82 bits per heavy atom. The van der Waals surface area contributed by atoms with Crippen LogP contribution < -0.4 is 10.1 Å². The Morgan fingerprint density at radius 1 is 1.07 bits per heavy atom. The second-order valence-electron chi connectivity index (χ2n) is 6.42. The van der Waals surface area contributed by atoms with Crippen LogP contribution in [-0.2, 0) is 11.3 Å². The van der Waals surface area contributed by atoms with Gasteiger partial charge in [0.1, 0.15) is 10.8 Å². The Hall–Kier alpha value is -3.26. The zero-order valence-electron chi connectivity index (χ0n) is 15.5. The highest BCUT2D eigenvalue weighted by Gasteiger charge is 2.10. The van der Waals surface area contributed by atoms with Gasteiger partial charge in [-0.3, -0.25) is 4.79 Å². The highest BCUT2D eigenvalue weighted by atomic mass is 32.1. The molecule has 1 amide bonds. The molecule has 0 fully saturated rings. The number of nitrogens with one attached hydrogen (secondary N) is 1. The Kier molecular flexibility index (Phi) is 5.03. The van der Waals surface area contributed by atoms with Crippen LogP contribution in [0.5, 0.6) is 5.75 Å². The molecular formula is C20H19N5O2S. The van der Waals surface area contributed by atoms with Crippen LogP contribution in [0, 0.1) is 13.8 Å². The van der Waals surface area contributed by atoms with E-state index in [0.29, 0.717) is 12.3 Å². The zero-order chi connectivity index (χ0) is 19.5. The van der Waals surface area contributed by atoms with Crippen molar-refractivity contribution in [2.24, 2.45) is 0 Å². The number of amides is 1. The molecule has 4 rings (SSSR count). The number of benzene rings is 2. The number of hydrogen-bond donors (Lipinski definition) is 1. The Bertz CT molecular complexity index is 1100. The number of aryl methyl sites for hydroxylation is 2. The Balaban J connectivity index is 1.31. The van der Waals surface area contributed by atoms with Crippen LogP contribution in [0.1, 0.15) is 17.0 Å². The molecule has 0 spiro atoms. The van der Waals surface area contributed by atoms with Gasteiger partial charge in [-0.1, -0.05) is 53.3 Å². The molecule has 0 saturated heterocycles. The summed E-state index contributed by atoms with van der Waals surface area (Å²) in [5.41, 5.74) is 3.16. The number of carbonyl (C=O) groups excluding carboxylic acids is 1. The molecule has 0 aliphatic carbocycles. The third-order valence-electron chi connectivity index (χ3n) is 4.23. The van der Waals surface area contributed by atoms with Gasteiger partial charge in [0.2, 0.25) is 4.96 Å². The summed E-state index contributed by atoms with van der Waals surface area (Å²) in [5.74, 6) is 1.30. The van der Waals surface area contributed by atoms with Gasteiger partial charge in [-0.2, -0.15) is 9.61 Å². The maximum absolute atomic E-state index is 12.0. The van der Waals surface area contributed by atoms with Crippen LogP contribution in [-0.4, -0.2) is 32.3 Å². The molecule has 0 radical (unpaired) electrons. The van der Waals surface area contributed by atoms with E-state index in [2.05, 4.69) is 20.6 Å². The predicted octanol–water partition coefficient (Wildman–Crippen LogP) is 3.16. The molecule has 0 unspecified atom stereocenters.